The second-order valence-corrected chi connectivity index (χ2v) is 6.18. The van der Waals surface area contributed by atoms with Gasteiger partial charge in [0.05, 0.1) is 6.21 Å². The summed E-state index contributed by atoms with van der Waals surface area (Å²) < 4.78 is 0. The molecule has 0 aliphatic rings. The van der Waals surface area contributed by atoms with E-state index in [2.05, 4.69) is 15.8 Å². The maximum absolute atomic E-state index is 11.9. The molecule has 0 unspecified atom stereocenters. The smallest absolute Gasteiger partial charge is 0.249 e. The lowest BCUT2D eigenvalue weighted by Gasteiger charge is -2.05. The van der Waals surface area contributed by atoms with Crippen molar-refractivity contribution >= 4 is 46.1 Å². The number of carbonyl (C=O) groups is 2. The number of hydrogen-bond acceptors (Lipinski definition) is 4. The highest BCUT2D eigenvalue weighted by Crippen LogP contribution is 2.25. The van der Waals surface area contributed by atoms with E-state index in [1.165, 1.54) is 6.21 Å². The van der Waals surface area contributed by atoms with Crippen molar-refractivity contribution in [2.75, 3.05) is 5.32 Å². The third-order valence-corrected chi connectivity index (χ3v) is 4.03. The Balaban J connectivity index is 1.60. The summed E-state index contributed by atoms with van der Waals surface area (Å²) in [7, 11) is 0. The number of aromatic hydroxyl groups is 1. The molecule has 3 N–H and O–H groups in total. The Bertz CT molecular complexity index is 1020. The van der Waals surface area contributed by atoms with Crippen LogP contribution in [0.2, 0.25) is 5.02 Å². The van der Waals surface area contributed by atoms with E-state index in [9.17, 15) is 14.7 Å². The van der Waals surface area contributed by atoms with Gasteiger partial charge in [0.25, 0.3) is 0 Å². The Labute approximate surface area is 160 Å². The number of nitrogens with one attached hydrogen (secondary N) is 2. The Morgan fingerprint density at radius 1 is 1.00 bits per heavy atom. The number of phenols is 1. The molecule has 0 aliphatic carbocycles. The number of fused-ring (bicyclic) bond motifs is 1. The number of carbonyl (C=O) groups excluding carboxylic acids is 2. The fraction of sp³-hybridized carbons (Fsp3) is 0.0500. The van der Waals surface area contributed by atoms with Gasteiger partial charge in [-0.15, -0.1) is 0 Å². The average molecular weight is 382 g/mol. The molecule has 0 atom stereocenters. The van der Waals surface area contributed by atoms with Gasteiger partial charge in [-0.1, -0.05) is 41.9 Å². The number of hydrogen-bond donors (Lipinski definition) is 3. The second kappa shape index (κ2) is 8.33. The molecule has 0 bridgehead atoms. The van der Waals surface area contributed by atoms with Crippen molar-refractivity contribution in [3.8, 4) is 5.75 Å². The summed E-state index contributed by atoms with van der Waals surface area (Å²) in [5.41, 5.74) is 3.31. The normalized spacial score (nSPS) is 10.9. The number of anilines is 1. The monoisotopic (exact) mass is 381 g/mol. The topological polar surface area (TPSA) is 90.8 Å². The second-order valence-electron chi connectivity index (χ2n) is 5.74. The van der Waals surface area contributed by atoms with Crippen LogP contribution in [-0.2, 0) is 9.59 Å². The Kier molecular flexibility index (Phi) is 5.68. The van der Waals surface area contributed by atoms with Gasteiger partial charge < -0.3 is 10.4 Å². The van der Waals surface area contributed by atoms with Gasteiger partial charge in [0, 0.05) is 16.3 Å². The zero-order valence-corrected chi connectivity index (χ0v) is 14.9. The lowest BCUT2D eigenvalue weighted by atomic mass is 10.0. The van der Waals surface area contributed by atoms with Crippen LogP contribution >= 0.6 is 11.6 Å². The molecule has 0 spiro atoms. The molecule has 0 radical (unpaired) electrons. The third kappa shape index (κ3) is 4.83. The quantitative estimate of drug-likeness (QED) is 0.357. The summed E-state index contributed by atoms with van der Waals surface area (Å²) in [5.74, 6) is -0.998. The molecular weight excluding hydrogens is 366 g/mol. The summed E-state index contributed by atoms with van der Waals surface area (Å²) in [5, 5.41) is 18.7. The Morgan fingerprint density at radius 3 is 2.52 bits per heavy atom. The van der Waals surface area contributed by atoms with Crippen molar-refractivity contribution in [1.82, 2.24) is 5.43 Å². The number of benzene rings is 3. The predicted octanol–water partition coefficient (Wildman–Crippen LogP) is 3.68. The summed E-state index contributed by atoms with van der Waals surface area (Å²) in [6.45, 7) is 0. The molecule has 3 aromatic rings. The lowest BCUT2D eigenvalue weighted by Crippen LogP contribution is -2.24. The lowest BCUT2D eigenvalue weighted by molar-refractivity contribution is -0.126. The minimum Gasteiger partial charge on any atom is -0.507 e. The molecule has 0 aromatic heterocycles. The van der Waals surface area contributed by atoms with E-state index in [0.29, 0.717) is 16.3 Å². The summed E-state index contributed by atoms with van der Waals surface area (Å²) >= 11 is 5.78. The first-order valence-corrected chi connectivity index (χ1v) is 8.49. The van der Waals surface area contributed by atoms with Crippen LogP contribution in [0.1, 0.15) is 12.0 Å². The van der Waals surface area contributed by atoms with E-state index in [0.717, 1.165) is 10.8 Å². The fourth-order valence-corrected chi connectivity index (χ4v) is 2.64. The maximum Gasteiger partial charge on any atom is 0.249 e. The molecule has 27 heavy (non-hydrogen) atoms. The zero-order chi connectivity index (χ0) is 19.2. The summed E-state index contributed by atoms with van der Waals surface area (Å²) in [6.07, 6.45) is 0.966. The van der Waals surface area contributed by atoms with Crippen molar-refractivity contribution < 1.29 is 14.7 Å². The van der Waals surface area contributed by atoms with E-state index in [1.54, 1.807) is 36.4 Å². The van der Waals surface area contributed by atoms with Gasteiger partial charge in [-0.05, 0) is 41.1 Å². The van der Waals surface area contributed by atoms with Crippen LogP contribution in [-0.4, -0.2) is 23.1 Å². The van der Waals surface area contributed by atoms with Crippen LogP contribution in [0.25, 0.3) is 10.8 Å². The Hall–Kier alpha value is -3.38. The number of hydrazone groups is 1. The molecule has 136 valence electrons. The number of phenolic OH excluding ortho intramolecular Hbond substituents is 1. The largest absolute Gasteiger partial charge is 0.507 e. The van der Waals surface area contributed by atoms with Crippen molar-refractivity contribution in [3.05, 3.63) is 71.2 Å². The summed E-state index contributed by atoms with van der Waals surface area (Å²) in [4.78, 5) is 23.7. The van der Waals surface area contributed by atoms with Crippen LogP contribution in [0, 0.1) is 0 Å². The van der Waals surface area contributed by atoms with Crippen molar-refractivity contribution in [3.63, 3.8) is 0 Å². The molecule has 0 saturated heterocycles. The average Bonchev–Trinajstić information content (AvgIpc) is 2.65. The number of amides is 2. The van der Waals surface area contributed by atoms with Gasteiger partial charge in [-0.2, -0.15) is 5.10 Å². The minimum absolute atomic E-state index is 0.0483. The third-order valence-electron chi connectivity index (χ3n) is 3.78. The Morgan fingerprint density at radius 2 is 1.74 bits per heavy atom. The number of nitrogens with zero attached hydrogens (tertiary/aromatic N) is 1. The fourth-order valence-electron chi connectivity index (χ4n) is 2.51. The minimum atomic E-state index is -0.572. The first kappa shape index (κ1) is 18.4. The molecule has 0 saturated carbocycles. The van der Waals surface area contributed by atoms with Crippen LogP contribution in [0.3, 0.4) is 0 Å². The molecule has 3 aromatic carbocycles. The standard InChI is InChI=1S/C20H16ClN3O3/c21-14-6-8-15(9-7-14)23-19(26)11-20(27)24-22-12-17-16-4-2-1-3-13(16)5-10-18(17)25/h1-10,12,25H,11H2,(H,23,26)(H,24,27). The molecule has 3 rings (SSSR count). The van der Waals surface area contributed by atoms with E-state index in [-0.39, 0.29) is 12.2 Å². The first-order valence-electron chi connectivity index (χ1n) is 8.11. The van der Waals surface area contributed by atoms with E-state index < -0.39 is 11.8 Å². The van der Waals surface area contributed by atoms with Gasteiger partial charge in [-0.25, -0.2) is 5.43 Å². The van der Waals surface area contributed by atoms with Crippen LogP contribution in [0.15, 0.2) is 65.8 Å². The van der Waals surface area contributed by atoms with Gasteiger partial charge in [-0.3, -0.25) is 9.59 Å². The van der Waals surface area contributed by atoms with Gasteiger partial charge in [0.1, 0.15) is 12.2 Å². The number of halogens is 1. The van der Waals surface area contributed by atoms with Gasteiger partial charge >= 0.3 is 0 Å². The SMILES string of the molecule is O=C(CC(=O)Nc1ccc(Cl)cc1)NN=Cc1c(O)ccc2ccccc12. The van der Waals surface area contributed by atoms with Crippen LogP contribution in [0.4, 0.5) is 5.69 Å². The number of rotatable bonds is 5. The van der Waals surface area contributed by atoms with Crippen molar-refractivity contribution in [2.24, 2.45) is 5.10 Å². The van der Waals surface area contributed by atoms with Gasteiger partial charge in [0.15, 0.2) is 0 Å². The summed E-state index contributed by atoms with van der Waals surface area (Å²) in [6, 6.07) is 17.4. The maximum atomic E-state index is 11.9. The van der Waals surface area contributed by atoms with Crippen LogP contribution < -0.4 is 10.7 Å². The van der Waals surface area contributed by atoms with Crippen molar-refractivity contribution in [2.45, 2.75) is 6.42 Å². The zero-order valence-electron chi connectivity index (χ0n) is 14.1. The van der Waals surface area contributed by atoms with Crippen LogP contribution in [0.5, 0.6) is 5.75 Å². The molecule has 2 amide bonds. The van der Waals surface area contributed by atoms with Crippen molar-refractivity contribution in [1.29, 1.82) is 0 Å². The van der Waals surface area contributed by atoms with Gasteiger partial charge in [0.2, 0.25) is 11.8 Å². The predicted molar refractivity (Wildman–Crippen MR) is 106 cm³/mol. The molecule has 0 aliphatic heterocycles. The molecule has 7 heteroatoms. The molecule has 6 nitrogen and oxygen atoms in total. The van der Waals surface area contributed by atoms with E-state index >= 15 is 0 Å². The highest BCUT2D eigenvalue weighted by atomic mass is 35.5. The molecule has 0 heterocycles. The highest BCUT2D eigenvalue weighted by Gasteiger charge is 2.09. The highest BCUT2D eigenvalue weighted by molar-refractivity contribution is 6.30. The van der Waals surface area contributed by atoms with E-state index in [1.807, 2.05) is 24.3 Å². The van der Waals surface area contributed by atoms with E-state index in [4.69, 9.17) is 11.6 Å². The first-order chi connectivity index (χ1) is 13.0. The molecule has 0 fully saturated rings. The molecular formula is C20H16ClN3O3.